The highest BCUT2D eigenvalue weighted by molar-refractivity contribution is 5.87. The van der Waals surface area contributed by atoms with Crippen LogP contribution in [0.2, 0.25) is 0 Å². The molecule has 0 bridgehead atoms. The Morgan fingerprint density at radius 2 is 1.83 bits per heavy atom. The zero-order valence-corrected chi connectivity index (χ0v) is 15.3. The quantitative estimate of drug-likeness (QED) is 0.583. The molecule has 0 aromatic carbocycles. The van der Waals surface area contributed by atoms with Crippen LogP contribution in [0, 0.1) is 11.3 Å². The van der Waals surface area contributed by atoms with Crippen molar-refractivity contribution in [1.82, 2.24) is 10.6 Å². The second-order valence-corrected chi connectivity index (χ2v) is 6.71. The Kier molecular flexibility index (Phi) is 10.4. The van der Waals surface area contributed by atoms with Crippen molar-refractivity contribution in [3.8, 4) is 0 Å². The molecule has 0 spiro atoms. The first-order valence-electron chi connectivity index (χ1n) is 8.19. The van der Waals surface area contributed by atoms with Gasteiger partial charge in [0.05, 0.1) is 12.6 Å². The smallest absolute Gasteiger partial charge is 0.239 e. The monoisotopic (exact) mass is 349 g/mol. The minimum absolute atomic E-state index is 0. The average Bonchev–Trinajstić information content (AvgIpc) is 2.97. The maximum absolute atomic E-state index is 11.9. The highest BCUT2D eigenvalue weighted by Crippen LogP contribution is 2.40. The van der Waals surface area contributed by atoms with Crippen LogP contribution in [0.4, 0.5) is 0 Å². The van der Waals surface area contributed by atoms with Crippen LogP contribution < -0.4 is 16.4 Å². The number of methoxy groups -OCH3 is 1. The molecule has 0 aromatic rings. The number of carbonyl (C=O) groups excluding carboxylic acids is 2. The average molecular weight is 350 g/mol. The van der Waals surface area contributed by atoms with Gasteiger partial charge in [-0.2, -0.15) is 0 Å². The summed E-state index contributed by atoms with van der Waals surface area (Å²) in [5.74, 6) is -0.382. The lowest BCUT2D eigenvalue weighted by Gasteiger charge is -2.29. The molecule has 0 aliphatic heterocycles. The van der Waals surface area contributed by atoms with E-state index >= 15 is 0 Å². The highest BCUT2D eigenvalue weighted by Gasteiger charge is 2.33. The van der Waals surface area contributed by atoms with Gasteiger partial charge >= 0.3 is 0 Å². The number of nitrogens with one attached hydrogen (secondary N) is 2. The number of carbonyl (C=O) groups is 2. The van der Waals surface area contributed by atoms with Gasteiger partial charge in [0, 0.05) is 20.3 Å². The van der Waals surface area contributed by atoms with E-state index in [9.17, 15) is 9.59 Å². The van der Waals surface area contributed by atoms with Crippen LogP contribution in [-0.2, 0) is 14.3 Å². The molecule has 0 aromatic heterocycles. The topological polar surface area (TPSA) is 93.5 Å². The van der Waals surface area contributed by atoms with Crippen molar-refractivity contribution in [3.63, 3.8) is 0 Å². The van der Waals surface area contributed by atoms with Gasteiger partial charge in [0.1, 0.15) is 0 Å². The summed E-state index contributed by atoms with van der Waals surface area (Å²) < 4.78 is 5.18. The number of nitrogens with two attached hydrogens (primary N) is 1. The molecule has 0 unspecified atom stereocenters. The zero-order chi connectivity index (χ0) is 16.6. The number of amides is 2. The van der Waals surface area contributed by atoms with Crippen LogP contribution in [-0.4, -0.2) is 44.7 Å². The van der Waals surface area contributed by atoms with Gasteiger partial charge in [-0.3, -0.25) is 9.59 Å². The van der Waals surface area contributed by atoms with E-state index < -0.39 is 6.04 Å². The second kappa shape index (κ2) is 10.8. The number of ether oxygens (including phenoxy) is 1. The second-order valence-electron chi connectivity index (χ2n) is 6.71. The summed E-state index contributed by atoms with van der Waals surface area (Å²) in [6.07, 6.45) is 5.63. The first-order valence-corrected chi connectivity index (χ1v) is 8.19. The first kappa shape index (κ1) is 22.1. The normalized spacial score (nSPS) is 17.4. The molecule has 2 amide bonds. The van der Waals surface area contributed by atoms with Crippen molar-refractivity contribution >= 4 is 24.2 Å². The van der Waals surface area contributed by atoms with Crippen molar-refractivity contribution in [2.45, 2.75) is 52.0 Å². The Labute approximate surface area is 145 Å². The van der Waals surface area contributed by atoms with E-state index in [1.165, 1.54) is 12.8 Å². The first-order chi connectivity index (χ1) is 10.4. The van der Waals surface area contributed by atoms with Crippen LogP contribution in [0.3, 0.4) is 0 Å². The van der Waals surface area contributed by atoms with Crippen molar-refractivity contribution in [2.24, 2.45) is 17.1 Å². The van der Waals surface area contributed by atoms with Crippen LogP contribution in [0.15, 0.2) is 0 Å². The zero-order valence-electron chi connectivity index (χ0n) is 14.5. The summed E-state index contributed by atoms with van der Waals surface area (Å²) in [5.41, 5.74) is 5.89. The lowest BCUT2D eigenvalue weighted by Crippen LogP contribution is -2.48. The van der Waals surface area contributed by atoms with Gasteiger partial charge in [-0.05, 0) is 30.6 Å². The molecule has 0 saturated heterocycles. The lowest BCUT2D eigenvalue weighted by atomic mass is 9.83. The highest BCUT2D eigenvalue weighted by atomic mass is 35.5. The number of halogens is 1. The third-order valence-electron chi connectivity index (χ3n) is 4.61. The van der Waals surface area contributed by atoms with E-state index in [0.717, 1.165) is 25.9 Å². The van der Waals surface area contributed by atoms with Gasteiger partial charge in [0.25, 0.3) is 0 Å². The summed E-state index contributed by atoms with van der Waals surface area (Å²) in [6.45, 7) is 5.12. The lowest BCUT2D eigenvalue weighted by molar-refractivity contribution is -0.127. The molecular formula is C16H32ClN3O3. The van der Waals surface area contributed by atoms with Gasteiger partial charge in [-0.15, -0.1) is 12.4 Å². The molecule has 136 valence electrons. The molecule has 1 fully saturated rings. The van der Waals surface area contributed by atoms with Gasteiger partial charge in [0.2, 0.25) is 11.8 Å². The molecule has 7 heteroatoms. The summed E-state index contributed by atoms with van der Waals surface area (Å²) in [7, 11) is 1.70. The minimum Gasteiger partial charge on any atom is -0.385 e. The van der Waals surface area contributed by atoms with Gasteiger partial charge in [-0.25, -0.2) is 0 Å². The molecule has 6 nitrogen and oxygen atoms in total. The standard InChI is InChI=1S/C16H31N3O3.ClH/c1-12(2)14(17)15(21)18-10-13(20)19-11-16(8-9-22-3)6-4-5-7-16;/h12,14H,4-11,17H2,1-3H3,(H,18,21)(H,19,20);1H/t14-;/m0./s1. The van der Waals surface area contributed by atoms with E-state index in [4.69, 9.17) is 10.5 Å². The summed E-state index contributed by atoms with van der Waals surface area (Å²) in [4.78, 5) is 23.6. The molecule has 0 heterocycles. The SMILES string of the molecule is COCCC1(CNC(=O)CNC(=O)[C@@H](N)C(C)C)CCCC1.Cl. The maximum Gasteiger partial charge on any atom is 0.239 e. The fourth-order valence-electron chi connectivity index (χ4n) is 2.90. The third-order valence-corrected chi connectivity index (χ3v) is 4.61. The van der Waals surface area contributed by atoms with Crippen LogP contribution >= 0.6 is 12.4 Å². The van der Waals surface area contributed by atoms with Crippen molar-refractivity contribution in [3.05, 3.63) is 0 Å². The molecule has 0 radical (unpaired) electrons. The Morgan fingerprint density at radius 1 is 1.22 bits per heavy atom. The number of rotatable bonds is 9. The van der Waals surface area contributed by atoms with Crippen LogP contribution in [0.5, 0.6) is 0 Å². The Morgan fingerprint density at radius 3 is 2.35 bits per heavy atom. The molecule has 1 atom stereocenters. The minimum atomic E-state index is -0.573. The fraction of sp³-hybridized carbons (Fsp3) is 0.875. The van der Waals surface area contributed by atoms with Crippen LogP contribution in [0.1, 0.15) is 46.0 Å². The summed E-state index contributed by atoms with van der Waals surface area (Å²) in [5, 5.41) is 5.54. The molecular weight excluding hydrogens is 318 g/mol. The molecule has 1 rings (SSSR count). The predicted molar refractivity (Wildman–Crippen MR) is 93.5 cm³/mol. The summed E-state index contributed by atoms with van der Waals surface area (Å²) in [6, 6.07) is -0.573. The van der Waals surface area contributed by atoms with Gasteiger partial charge in [-0.1, -0.05) is 26.7 Å². The molecule has 23 heavy (non-hydrogen) atoms. The molecule has 1 aliphatic rings. The van der Waals surface area contributed by atoms with E-state index in [2.05, 4.69) is 10.6 Å². The van der Waals surface area contributed by atoms with E-state index in [1.807, 2.05) is 13.8 Å². The maximum atomic E-state index is 11.9. The predicted octanol–water partition coefficient (Wildman–Crippen LogP) is 1.22. The van der Waals surface area contributed by atoms with Crippen LogP contribution in [0.25, 0.3) is 0 Å². The molecule has 4 N–H and O–H groups in total. The number of hydrogen-bond acceptors (Lipinski definition) is 4. The summed E-state index contributed by atoms with van der Waals surface area (Å²) >= 11 is 0. The van der Waals surface area contributed by atoms with E-state index in [0.29, 0.717) is 6.54 Å². The van der Waals surface area contributed by atoms with Crippen molar-refractivity contribution in [1.29, 1.82) is 0 Å². The third kappa shape index (κ3) is 7.50. The van der Waals surface area contributed by atoms with Crippen molar-refractivity contribution in [2.75, 3.05) is 26.8 Å². The Bertz CT molecular complexity index is 372. The van der Waals surface area contributed by atoms with Gasteiger partial charge in [0.15, 0.2) is 0 Å². The van der Waals surface area contributed by atoms with Gasteiger partial charge < -0.3 is 21.1 Å². The Hall–Kier alpha value is -0.850. The Balaban J connectivity index is 0.00000484. The largest absolute Gasteiger partial charge is 0.385 e. The molecule has 1 aliphatic carbocycles. The van der Waals surface area contributed by atoms with Crippen molar-refractivity contribution < 1.29 is 14.3 Å². The fourth-order valence-corrected chi connectivity index (χ4v) is 2.90. The number of hydrogen-bond donors (Lipinski definition) is 3. The molecule has 1 saturated carbocycles. The van der Waals surface area contributed by atoms with E-state index in [1.54, 1.807) is 7.11 Å². The van der Waals surface area contributed by atoms with E-state index in [-0.39, 0.29) is 42.1 Å².